The monoisotopic (exact) mass is 214 g/mol. The van der Waals surface area contributed by atoms with E-state index in [0.717, 1.165) is 25.7 Å². The predicted molar refractivity (Wildman–Crippen MR) is 59.3 cm³/mol. The van der Waals surface area contributed by atoms with Gasteiger partial charge in [-0.05, 0) is 19.8 Å². The van der Waals surface area contributed by atoms with Crippen LogP contribution < -0.4 is 11.1 Å². The zero-order valence-electron chi connectivity index (χ0n) is 9.46. The maximum Gasteiger partial charge on any atom is 0.227 e. The molecule has 15 heavy (non-hydrogen) atoms. The molecule has 0 aromatic carbocycles. The lowest BCUT2D eigenvalue weighted by Gasteiger charge is -2.34. The molecule has 4 heteroatoms. The molecule has 0 unspecified atom stereocenters. The summed E-state index contributed by atoms with van der Waals surface area (Å²) in [7, 11) is 0. The molecule has 4 nitrogen and oxygen atoms in total. The summed E-state index contributed by atoms with van der Waals surface area (Å²) in [5.74, 6) is 0.0191. The lowest BCUT2D eigenvalue weighted by molar-refractivity contribution is -0.132. The Bertz CT molecular complexity index is 211. The number of nitrogens with one attached hydrogen (secondary N) is 1. The summed E-state index contributed by atoms with van der Waals surface area (Å²) in [4.78, 5) is 12.0. The minimum absolute atomic E-state index is 0.0191. The van der Waals surface area contributed by atoms with Crippen LogP contribution in [0.2, 0.25) is 0 Å². The fraction of sp³-hybridized carbons (Fsp3) is 0.909. The average molecular weight is 214 g/mol. The van der Waals surface area contributed by atoms with Gasteiger partial charge < -0.3 is 16.2 Å². The maximum absolute atomic E-state index is 12.0. The zero-order chi connectivity index (χ0) is 11.3. The van der Waals surface area contributed by atoms with Gasteiger partial charge in [0.05, 0.1) is 11.5 Å². The third kappa shape index (κ3) is 3.18. The normalized spacial score (nSPS) is 22.1. The van der Waals surface area contributed by atoms with Gasteiger partial charge in [-0.2, -0.15) is 0 Å². The topological polar surface area (TPSA) is 75.3 Å². The van der Waals surface area contributed by atoms with Gasteiger partial charge >= 0.3 is 0 Å². The van der Waals surface area contributed by atoms with Gasteiger partial charge in [-0.3, -0.25) is 4.79 Å². The summed E-state index contributed by atoms with van der Waals surface area (Å²) in [6, 6.07) is 0. The number of rotatable bonds is 4. The minimum atomic E-state index is -0.493. The van der Waals surface area contributed by atoms with Crippen molar-refractivity contribution in [3.8, 4) is 0 Å². The molecule has 0 saturated heterocycles. The number of carbonyl (C=O) groups is 1. The Hall–Kier alpha value is -0.610. The van der Waals surface area contributed by atoms with Gasteiger partial charge in [0.2, 0.25) is 5.91 Å². The molecule has 0 spiro atoms. The van der Waals surface area contributed by atoms with Crippen LogP contribution >= 0.6 is 0 Å². The molecular weight excluding hydrogens is 192 g/mol. The number of carbonyl (C=O) groups excluding carboxylic acids is 1. The largest absolute Gasteiger partial charge is 0.392 e. The van der Waals surface area contributed by atoms with Gasteiger partial charge in [0, 0.05) is 13.1 Å². The molecule has 1 aliphatic carbocycles. The molecule has 0 radical (unpaired) electrons. The summed E-state index contributed by atoms with van der Waals surface area (Å²) in [6.45, 7) is 2.40. The Morgan fingerprint density at radius 2 is 2.07 bits per heavy atom. The number of aliphatic hydroxyl groups is 1. The van der Waals surface area contributed by atoms with E-state index in [1.807, 2.05) is 0 Å². The molecule has 1 saturated carbocycles. The first kappa shape index (κ1) is 12.5. The van der Waals surface area contributed by atoms with Crippen molar-refractivity contribution in [1.82, 2.24) is 5.32 Å². The van der Waals surface area contributed by atoms with Crippen molar-refractivity contribution in [2.75, 3.05) is 13.1 Å². The van der Waals surface area contributed by atoms with Crippen molar-refractivity contribution >= 4 is 5.91 Å². The highest BCUT2D eigenvalue weighted by molar-refractivity contribution is 5.83. The van der Waals surface area contributed by atoms with Crippen molar-refractivity contribution in [2.45, 2.75) is 45.1 Å². The van der Waals surface area contributed by atoms with E-state index in [1.54, 1.807) is 6.92 Å². The van der Waals surface area contributed by atoms with E-state index in [0.29, 0.717) is 13.1 Å². The van der Waals surface area contributed by atoms with Gasteiger partial charge in [-0.15, -0.1) is 0 Å². The van der Waals surface area contributed by atoms with E-state index in [-0.39, 0.29) is 11.3 Å². The first-order valence-corrected chi connectivity index (χ1v) is 5.77. The highest BCUT2D eigenvalue weighted by atomic mass is 16.3. The van der Waals surface area contributed by atoms with Crippen LogP contribution in [-0.2, 0) is 4.79 Å². The predicted octanol–water partition coefficient (Wildman–Crippen LogP) is 0.393. The van der Waals surface area contributed by atoms with Crippen LogP contribution in [-0.4, -0.2) is 30.2 Å². The van der Waals surface area contributed by atoms with Crippen LogP contribution in [0.5, 0.6) is 0 Å². The molecular formula is C11H22N2O2. The molecule has 0 aromatic heterocycles. The highest BCUT2D eigenvalue weighted by Crippen LogP contribution is 2.35. The van der Waals surface area contributed by atoms with E-state index < -0.39 is 6.10 Å². The third-order valence-corrected chi connectivity index (χ3v) is 3.24. The molecule has 0 aliphatic heterocycles. The molecule has 1 fully saturated rings. The SMILES string of the molecule is C[C@@H](O)CNC(=O)C1(CN)CCCCC1. The molecule has 1 aliphatic rings. The Morgan fingerprint density at radius 1 is 1.47 bits per heavy atom. The Kier molecular flexibility index (Phi) is 4.54. The fourth-order valence-corrected chi connectivity index (χ4v) is 2.18. The van der Waals surface area contributed by atoms with Crippen molar-refractivity contribution in [3.63, 3.8) is 0 Å². The highest BCUT2D eigenvalue weighted by Gasteiger charge is 2.37. The maximum atomic E-state index is 12.0. The van der Waals surface area contributed by atoms with Gasteiger partial charge in [0.25, 0.3) is 0 Å². The van der Waals surface area contributed by atoms with Crippen LogP contribution in [0.4, 0.5) is 0 Å². The lowest BCUT2D eigenvalue weighted by atomic mass is 9.73. The summed E-state index contributed by atoms with van der Waals surface area (Å²) >= 11 is 0. The summed E-state index contributed by atoms with van der Waals surface area (Å²) < 4.78 is 0. The third-order valence-electron chi connectivity index (χ3n) is 3.24. The second kappa shape index (κ2) is 5.47. The number of aliphatic hydroxyl groups excluding tert-OH is 1. The Morgan fingerprint density at radius 3 is 2.53 bits per heavy atom. The van der Waals surface area contributed by atoms with Gasteiger partial charge in [-0.25, -0.2) is 0 Å². The Labute approximate surface area is 91.2 Å². The van der Waals surface area contributed by atoms with Crippen LogP contribution in [0.1, 0.15) is 39.0 Å². The Balaban J connectivity index is 2.52. The van der Waals surface area contributed by atoms with Crippen molar-refractivity contribution < 1.29 is 9.90 Å². The second-order valence-corrected chi connectivity index (χ2v) is 4.60. The number of hydrogen-bond donors (Lipinski definition) is 3. The summed E-state index contributed by atoms with van der Waals surface area (Å²) in [5, 5.41) is 11.9. The van der Waals surface area contributed by atoms with Crippen LogP contribution in [0.15, 0.2) is 0 Å². The lowest BCUT2D eigenvalue weighted by Crippen LogP contribution is -2.48. The van der Waals surface area contributed by atoms with Gasteiger partial charge in [0.1, 0.15) is 0 Å². The molecule has 1 rings (SSSR count). The van der Waals surface area contributed by atoms with E-state index in [2.05, 4.69) is 5.32 Å². The van der Waals surface area contributed by atoms with Crippen LogP contribution in [0, 0.1) is 5.41 Å². The molecule has 88 valence electrons. The van der Waals surface area contributed by atoms with E-state index >= 15 is 0 Å². The summed E-state index contributed by atoms with van der Waals surface area (Å²) in [5.41, 5.74) is 5.35. The number of nitrogens with two attached hydrogens (primary N) is 1. The van der Waals surface area contributed by atoms with Crippen molar-refractivity contribution in [2.24, 2.45) is 11.1 Å². The van der Waals surface area contributed by atoms with Crippen LogP contribution in [0.25, 0.3) is 0 Å². The standard InChI is InChI=1S/C11H22N2O2/c1-9(14)7-13-10(15)11(8-12)5-3-2-4-6-11/h9,14H,2-8,12H2,1H3,(H,13,15)/t9-/m1/s1. The number of hydrogen-bond acceptors (Lipinski definition) is 3. The molecule has 1 amide bonds. The zero-order valence-corrected chi connectivity index (χ0v) is 9.46. The quantitative estimate of drug-likeness (QED) is 0.634. The average Bonchev–Trinajstić information content (AvgIpc) is 2.26. The van der Waals surface area contributed by atoms with Crippen molar-refractivity contribution in [3.05, 3.63) is 0 Å². The smallest absolute Gasteiger partial charge is 0.227 e. The van der Waals surface area contributed by atoms with Crippen LogP contribution in [0.3, 0.4) is 0 Å². The van der Waals surface area contributed by atoms with Crippen molar-refractivity contribution in [1.29, 1.82) is 0 Å². The molecule has 4 N–H and O–H groups in total. The molecule has 0 aromatic rings. The molecule has 0 bridgehead atoms. The van der Waals surface area contributed by atoms with Gasteiger partial charge in [0.15, 0.2) is 0 Å². The number of amides is 1. The summed E-state index contributed by atoms with van der Waals surface area (Å²) in [6.07, 6.45) is 4.64. The molecule has 1 atom stereocenters. The first-order chi connectivity index (χ1) is 7.10. The van der Waals surface area contributed by atoms with E-state index in [9.17, 15) is 4.79 Å². The molecule has 0 heterocycles. The van der Waals surface area contributed by atoms with E-state index in [1.165, 1.54) is 6.42 Å². The second-order valence-electron chi connectivity index (χ2n) is 4.60. The van der Waals surface area contributed by atoms with Gasteiger partial charge in [-0.1, -0.05) is 19.3 Å². The fourth-order valence-electron chi connectivity index (χ4n) is 2.18. The minimum Gasteiger partial charge on any atom is -0.392 e. The first-order valence-electron chi connectivity index (χ1n) is 5.77. The van der Waals surface area contributed by atoms with E-state index in [4.69, 9.17) is 10.8 Å².